The highest BCUT2D eigenvalue weighted by atomic mass is 16.5. The Labute approximate surface area is 74.9 Å². The Morgan fingerprint density at radius 3 is 2.25 bits per heavy atom. The van der Waals surface area contributed by atoms with Crippen molar-refractivity contribution < 1.29 is 9.53 Å². The van der Waals surface area contributed by atoms with E-state index in [4.69, 9.17) is 4.74 Å². The highest BCUT2D eigenvalue weighted by molar-refractivity contribution is 5.86. The number of rotatable bonds is 3. The molecule has 0 aromatic carbocycles. The quantitative estimate of drug-likeness (QED) is 0.370. The largest absolute Gasteiger partial charge is 0.462 e. The van der Waals surface area contributed by atoms with E-state index in [1.165, 1.54) is 0 Å². The predicted octanol–water partition coefficient (Wildman–Crippen LogP) is 2.71. The van der Waals surface area contributed by atoms with E-state index in [1.54, 1.807) is 13.0 Å². The van der Waals surface area contributed by atoms with Crippen LogP contribution < -0.4 is 0 Å². The molecule has 0 fully saturated rings. The first-order valence-electron chi connectivity index (χ1n) is 3.99. The van der Waals surface area contributed by atoms with E-state index in [9.17, 15) is 4.79 Å². The van der Waals surface area contributed by atoms with E-state index in [1.807, 2.05) is 13.8 Å². The summed E-state index contributed by atoms with van der Waals surface area (Å²) in [6, 6.07) is 0. The molecular weight excluding hydrogens is 152 g/mol. The maximum absolute atomic E-state index is 10.6. The zero-order chi connectivity index (χ0) is 9.98. The molecule has 2 nitrogen and oxygen atoms in total. The summed E-state index contributed by atoms with van der Waals surface area (Å²) < 4.78 is 4.71. The number of carbonyl (C=O) groups excluding carboxylic acids is 1. The smallest absolute Gasteiger partial charge is 0.333 e. The van der Waals surface area contributed by atoms with Gasteiger partial charge < -0.3 is 4.74 Å². The third-order valence-corrected chi connectivity index (χ3v) is 0.786. The second kappa shape index (κ2) is 9.95. The molecule has 0 N–H and O–H groups in total. The van der Waals surface area contributed by atoms with Crippen LogP contribution in [0.3, 0.4) is 0 Å². The summed E-state index contributed by atoms with van der Waals surface area (Å²) in [6.07, 6.45) is 2.61. The topological polar surface area (TPSA) is 26.3 Å². The van der Waals surface area contributed by atoms with E-state index in [-0.39, 0.29) is 5.97 Å². The average Bonchev–Trinajstić information content (AvgIpc) is 2.01. The fraction of sp³-hybridized carbons (Fsp3) is 0.500. The minimum Gasteiger partial charge on any atom is -0.462 e. The van der Waals surface area contributed by atoms with Crippen LogP contribution in [0, 0.1) is 0 Å². The van der Waals surface area contributed by atoms with Gasteiger partial charge in [0.2, 0.25) is 0 Å². The minimum atomic E-state index is -0.295. The number of esters is 1. The summed E-state index contributed by atoms with van der Waals surface area (Å²) in [6.45, 7) is 12.8. The van der Waals surface area contributed by atoms with E-state index >= 15 is 0 Å². The summed E-state index contributed by atoms with van der Waals surface area (Å²) in [4.78, 5) is 10.6. The van der Waals surface area contributed by atoms with Gasteiger partial charge >= 0.3 is 5.97 Å². The molecule has 0 atom stereocenters. The molecule has 0 aliphatic carbocycles. The fourth-order valence-corrected chi connectivity index (χ4v) is 0.318. The van der Waals surface area contributed by atoms with Crippen molar-refractivity contribution in [1.29, 1.82) is 0 Å². The SMILES string of the molecule is C=C(C)C(=O)OCCC.C=CC. The van der Waals surface area contributed by atoms with E-state index in [0.717, 1.165) is 6.42 Å². The lowest BCUT2D eigenvalue weighted by Crippen LogP contribution is -2.04. The van der Waals surface area contributed by atoms with Gasteiger partial charge in [0.25, 0.3) is 0 Å². The van der Waals surface area contributed by atoms with Crippen molar-refractivity contribution in [1.82, 2.24) is 0 Å². The van der Waals surface area contributed by atoms with Gasteiger partial charge in [-0.05, 0) is 20.3 Å². The molecule has 12 heavy (non-hydrogen) atoms. The first kappa shape index (κ1) is 13.5. The maximum Gasteiger partial charge on any atom is 0.333 e. The highest BCUT2D eigenvalue weighted by Gasteiger charge is 1.99. The Bertz CT molecular complexity index is 148. The van der Waals surface area contributed by atoms with Crippen LogP contribution in [0.5, 0.6) is 0 Å². The van der Waals surface area contributed by atoms with E-state index in [2.05, 4.69) is 13.2 Å². The van der Waals surface area contributed by atoms with Crippen LogP contribution in [-0.4, -0.2) is 12.6 Å². The van der Waals surface area contributed by atoms with Crippen molar-refractivity contribution >= 4 is 5.97 Å². The second-order valence-electron chi connectivity index (χ2n) is 2.32. The number of ether oxygens (including phenoxy) is 1. The summed E-state index contributed by atoms with van der Waals surface area (Å²) in [5.41, 5.74) is 0.462. The summed E-state index contributed by atoms with van der Waals surface area (Å²) in [7, 11) is 0. The molecular formula is C10H18O2. The molecule has 0 aromatic heterocycles. The molecule has 0 aromatic rings. The minimum absolute atomic E-state index is 0.295. The van der Waals surface area contributed by atoms with Gasteiger partial charge in [0.15, 0.2) is 0 Å². The molecule has 0 spiro atoms. The van der Waals surface area contributed by atoms with E-state index in [0.29, 0.717) is 12.2 Å². The molecule has 70 valence electrons. The fourth-order valence-electron chi connectivity index (χ4n) is 0.318. The summed E-state index contributed by atoms with van der Waals surface area (Å²) in [5, 5.41) is 0. The summed E-state index contributed by atoms with van der Waals surface area (Å²) >= 11 is 0. The molecule has 2 heteroatoms. The molecule has 0 amide bonds. The van der Waals surface area contributed by atoms with Crippen molar-refractivity contribution in [2.45, 2.75) is 27.2 Å². The van der Waals surface area contributed by atoms with Gasteiger partial charge in [0, 0.05) is 5.57 Å². The molecule has 0 unspecified atom stereocenters. The van der Waals surface area contributed by atoms with Crippen molar-refractivity contribution in [2.24, 2.45) is 0 Å². The lowest BCUT2D eigenvalue weighted by Gasteiger charge is -1.99. The second-order valence-corrected chi connectivity index (χ2v) is 2.32. The molecule has 0 rings (SSSR count). The van der Waals surface area contributed by atoms with Crippen molar-refractivity contribution in [2.75, 3.05) is 6.61 Å². The van der Waals surface area contributed by atoms with Gasteiger partial charge in [-0.15, -0.1) is 6.58 Å². The van der Waals surface area contributed by atoms with Crippen LogP contribution in [0.1, 0.15) is 27.2 Å². The van der Waals surface area contributed by atoms with Crippen molar-refractivity contribution in [3.8, 4) is 0 Å². The number of hydrogen-bond acceptors (Lipinski definition) is 2. The highest BCUT2D eigenvalue weighted by Crippen LogP contribution is 1.91. The zero-order valence-corrected chi connectivity index (χ0v) is 8.22. The molecule has 0 bridgehead atoms. The van der Waals surface area contributed by atoms with Gasteiger partial charge in [-0.1, -0.05) is 19.6 Å². The number of allylic oxidation sites excluding steroid dienone is 1. The van der Waals surface area contributed by atoms with Crippen molar-refractivity contribution in [3.05, 3.63) is 24.8 Å². The molecule has 0 saturated carbocycles. The third kappa shape index (κ3) is 11.7. The predicted molar refractivity (Wildman–Crippen MR) is 51.9 cm³/mol. The van der Waals surface area contributed by atoms with Gasteiger partial charge in [0.1, 0.15) is 0 Å². The maximum atomic E-state index is 10.6. The molecule has 0 aliphatic heterocycles. The van der Waals surface area contributed by atoms with Crippen LogP contribution in [0.2, 0.25) is 0 Å². The third-order valence-electron chi connectivity index (χ3n) is 0.786. The Morgan fingerprint density at radius 1 is 1.58 bits per heavy atom. The Kier molecular flexibility index (Phi) is 11.2. The molecule has 0 saturated heterocycles. The van der Waals surface area contributed by atoms with Crippen LogP contribution in [0.4, 0.5) is 0 Å². The Morgan fingerprint density at radius 2 is 2.00 bits per heavy atom. The first-order valence-corrected chi connectivity index (χ1v) is 3.99. The number of hydrogen-bond donors (Lipinski definition) is 0. The Hall–Kier alpha value is -1.05. The van der Waals surface area contributed by atoms with Gasteiger partial charge in [0.05, 0.1) is 6.61 Å². The average molecular weight is 170 g/mol. The lowest BCUT2D eigenvalue weighted by atomic mass is 10.4. The van der Waals surface area contributed by atoms with Gasteiger partial charge in [-0.2, -0.15) is 0 Å². The number of carbonyl (C=O) groups is 1. The van der Waals surface area contributed by atoms with E-state index < -0.39 is 0 Å². The standard InChI is InChI=1S/C7H12O2.C3H6/c1-4-5-9-7(8)6(2)3;1-3-2/h2,4-5H2,1,3H3;3H,1H2,2H3. The molecule has 0 aliphatic rings. The summed E-state index contributed by atoms with van der Waals surface area (Å²) in [5.74, 6) is -0.295. The van der Waals surface area contributed by atoms with Crippen LogP contribution in [0.15, 0.2) is 24.8 Å². The zero-order valence-electron chi connectivity index (χ0n) is 8.22. The Balaban J connectivity index is 0. The first-order chi connectivity index (χ1) is 5.59. The van der Waals surface area contributed by atoms with Gasteiger partial charge in [-0.25, -0.2) is 4.79 Å². The van der Waals surface area contributed by atoms with Gasteiger partial charge in [-0.3, -0.25) is 0 Å². The van der Waals surface area contributed by atoms with Crippen LogP contribution >= 0.6 is 0 Å². The normalized spacial score (nSPS) is 7.58. The molecule has 0 heterocycles. The molecule has 0 radical (unpaired) electrons. The van der Waals surface area contributed by atoms with Crippen molar-refractivity contribution in [3.63, 3.8) is 0 Å². The lowest BCUT2D eigenvalue weighted by molar-refractivity contribution is -0.138. The van der Waals surface area contributed by atoms with Crippen LogP contribution in [0.25, 0.3) is 0 Å². The monoisotopic (exact) mass is 170 g/mol. The van der Waals surface area contributed by atoms with Crippen LogP contribution in [-0.2, 0) is 9.53 Å².